The van der Waals surface area contributed by atoms with Crippen LogP contribution >= 0.6 is 11.6 Å². The first-order chi connectivity index (χ1) is 12.6. The van der Waals surface area contributed by atoms with Gasteiger partial charge in [0.2, 0.25) is 0 Å². The molecule has 1 saturated carbocycles. The van der Waals surface area contributed by atoms with Crippen LogP contribution in [0.5, 0.6) is 0 Å². The van der Waals surface area contributed by atoms with Crippen molar-refractivity contribution in [3.63, 3.8) is 0 Å². The number of anilines is 1. The molecule has 5 rings (SSSR count). The summed E-state index contributed by atoms with van der Waals surface area (Å²) in [5.74, 6) is -0.139. The summed E-state index contributed by atoms with van der Waals surface area (Å²) < 4.78 is 13.5. The average Bonchev–Trinajstić information content (AvgIpc) is 3.44. The Balaban J connectivity index is 1.63. The lowest BCUT2D eigenvalue weighted by molar-refractivity contribution is 0.0964. The molecule has 26 heavy (non-hydrogen) atoms. The summed E-state index contributed by atoms with van der Waals surface area (Å²) in [4.78, 5) is 17.0. The van der Waals surface area contributed by atoms with Crippen molar-refractivity contribution >= 4 is 23.1 Å². The third-order valence-electron chi connectivity index (χ3n) is 5.06. The van der Waals surface area contributed by atoms with Crippen LogP contribution < -0.4 is 5.32 Å². The molecule has 0 radical (unpaired) electrons. The lowest BCUT2D eigenvalue weighted by Crippen LogP contribution is -2.19. The number of rotatable bonds is 2. The summed E-state index contributed by atoms with van der Waals surface area (Å²) in [6.07, 6.45) is 2.60. The molecule has 0 saturated heterocycles. The van der Waals surface area contributed by atoms with E-state index < -0.39 is 5.82 Å². The quantitative estimate of drug-likeness (QED) is 0.679. The minimum Gasteiger partial charge on any atom is -0.381 e. The highest BCUT2D eigenvalue weighted by atomic mass is 35.5. The second-order valence-corrected chi connectivity index (χ2v) is 7.15. The number of halogens is 2. The van der Waals surface area contributed by atoms with Gasteiger partial charge in [0.05, 0.1) is 10.7 Å². The maximum Gasteiger partial charge on any atom is 0.170 e. The fourth-order valence-corrected chi connectivity index (χ4v) is 3.78. The van der Waals surface area contributed by atoms with E-state index in [4.69, 9.17) is 11.6 Å². The van der Waals surface area contributed by atoms with Crippen molar-refractivity contribution in [1.29, 1.82) is 0 Å². The monoisotopic (exact) mass is 364 g/mol. The van der Waals surface area contributed by atoms with Gasteiger partial charge in [-0.3, -0.25) is 9.78 Å². The number of pyridine rings is 1. The van der Waals surface area contributed by atoms with Crippen LogP contribution in [0, 0.1) is 11.7 Å². The number of hydrogen-bond acceptors (Lipinski definition) is 3. The van der Waals surface area contributed by atoms with Crippen LogP contribution in [0.2, 0.25) is 5.02 Å². The number of benzene rings is 2. The van der Waals surface area contributed by atoms with Gasteiger partial charge in [0.15, 0.2) is 5.78 Å². The number of nitrogens with one attached hydrogen (secondary N) is 1. The highest BCUT2D eigenvalue weighted by Crippen LogP contribution is 2.44. The van der Waals surface area contributed by atoms with Crippen molar-refractivity contribution in [2.45, 2.75) is 12.5 Å². The molecule has 5 heteroatoms. The Labute approximate surface area is 154 Å². The molecule has 2 aromatic carbocycles. The van der Waals surface area contributed by atoms with Gasteiger partial charge in [-0.25, -0.2) is 4.39 Å². The van der Waals surface area contributed by atoms with E-state index in [0.717, 1.165) is 34.4 Å². The van der Waals surface area contributed by atoms with Gasteiger partial charge in [-0.2, -0.15) is 0 Å². The van der Waals surface area contributed by atoms with Gasteiger partial charge in [-0.1, -0.05) is 23.7 Å². The van der Waals surface area contributed by atoms with Crippen molar-refractivity contribution in [2.24, 2.45) is 5.92 Å². The summed E-state index contributed by atoms with van der Waals surface area (Å²) in [5.41, 5.74) is 4.84. The molecule has 3 aromatic rings. The summed E-state index contributed by atoms with van der Waals surface area (Å²) in [5, 5.41) is 3.47. The molecule has 1 aromatic heterocycles. The number of ketones is 1. The Bertz CT molecular complexity index is 1070. The fraction of sp³-hybridized carbons (Fsp3) is 0.143. The molecule has 2 heterocycles. The van der Waals surface area contributed by atoms with E-state index in [9.17, 15) is 9.18 Å². The predicted octanol–water partition coefficient (Wildman–Crippen LogP) is 5.20. The number of fused-ring (bicyclic) bond motifs is 2. The number of nitrogens with zero attached hydrogens (tertiary/aromatic N) is 1. The van der Waals surface area contributed by atoms with Gasteiger partial charge in [0, 0.05) is 40.5 Å². The van der Waals surface area contributed by atoms with Crippen LogP contribution in [-0.2, 0) is 0 Å². The van der Waals surface area contributed by atoms with Crippen LogP contribution in [-0.4, -0.2) is 16.8 Å². The van der Waals surface area contributed by atoms with Gasteiger partial charge in [0.25, 0.3) is 0 Å². The first kappa shape index (κ1) is 15.5. The van der Waals surface area contributed by atoms with Gasteiger partial charge in [-0.15, -0.1) is 0 Å². The van der Waals surface area contributed by atoms with Gasteiger partial charge >= 0.3 is 0 Å². The topological polar surface area (TPSA) is 42.0 Å². The van der Waals surface area contributed by atoms with Crippen molar-refractivity contribution < 1.29 is 9.18 Å². The number of Topliss-reactive ketones (excluding diaryl/α,β-unsaturated/α-hetero) is 1. The molecule has 2 atom stereocenters. The summed E-state index contributed by atoms with van der Waals surface area (Å²) in [6, 6.07) is 14.5. The molecular weight excluding hydrogens is 351 g/mol. The average molecular weight is 365 g/mol. The highest BCUT2D eigenvalue weighted by Gasteiger charge is 2.47. The Morgan fingerprint density at radius 3 is 2.77 bits per heavy atom. The van der Waals surface area contributed by atoms with E-state index in [1.165, 1.54) is 6.07 Å². The van der Waals surface area contributed by atoms with Crippen molar-refractivity contribution in [3.8, 4) is 22.4 Å². The minimum absolute atomic E-state index is 0.0590. The minimum atomic E-state index is -0.461. The molecule has 1 aliphatic heterocycles. The number of carbonyl (C=O) groups excluding carboxylic acids is 1. The van der Waals surface area contributed by atoms with E-state index in [0.29, 0.717) is 11.7 Å². The third-order valence-corrected chi connectivity index (χ3v) is 5.35. The van der Waals surface area contributed by atoms with E-state index in [1.807, 2.05) is 30.3 Å². The first-order valence-electron chi connectivity index (χ1n) is 8.47. The Morgan fingerprint density at radius 2 is 1.92 bits per heavy atom. The third kappa shape index (κ3) is 2.41. The lowest BCUT2D eigenvalue weighted by Gasteiger charge is -2.18. The largest absolute Gasteiger partial charge is 0.381 e. The van der Waals surface area contributed by atoms with Crippen LogP contribution in [0.25, 0.3) is 22.4 Å². The van der Waals surface area contributed by atoms with E-state index in [2.05, 4.69) is 10.3 Å². The molecule has 2 unspecified atom stereocenters. The molecule has 3 nitrogen and oxygen atoms in total. The smallest absolute Gasteiger partial charge is 0.170 e. The summed E-state index contributed by atoms with van der Waals surface area (Å²) in [6.45, 7) is 0. The van der Waals surface area contributed by atoms with Crippen LogP contribution in [0.1, 0.15) is 16.8 Å². The van der Waals surface area contributed by atoms with Crippen molar-refractivity contribution in [1.82, 2.24) is 4.98 Å². The second kappa shape index (κ2) is 5.64. The van der Waals surface area contributed by atoms with Gasteiger partial charge < -0.3 is 5.32 Å². The lowest BCUT2D eigenvalue weighted by atomic mass is 9.94. The molecular formula is C21H14ClFN2O. The zero-order valence-electron chi connectivity index (χ0n) is 13.7. The van der Waals surface area contributed by atoms with E-state index in [-0.39, 0.29) is 16.7 Å². The number of carbonyl (C=O) groups is 1. The van der Waals surface area contributed by atoms with Gasteiger partial charge in [-0.05, 0) is 48.4 Å². The number of aromatic nitrogens is 1. The Kier molecular flexibility index (Phi) is 3.37. The summed E-state index contributed by atoms with van der Waals surface area (Å²) >= 11 is 5.94. The van der Waals surface area contributed by atoms with Gasteiger partial charge in [0.1, 0.15) is 5.82 Å². The standard InChI is InChI=1S/C21H14ClFN2O/c22-16-9-12(3-5-17(16)23)20-13(2-1-7-24-20)11-4-6-18-14(8-11)21(26)15-10-19(15)25-18/h1-9,15,19,25H,10H2. The molecule has 1 aliphatic carbocycles. The normalized spacial score (nSPS) is 20.2. The Hall–Kier alpha value is -2.72. The maximum absolute atomic E-state index is 13.5. The van der Waals surface area contributed by atoms with Crippen LogP contribution in [0.15, 0.2) is 54.7 Å². The zero-order valence-corrected chi connectivity index (χ0v) is 14.4. The first-order valence-corrected chi connectivity index (χ1v) is 8.85. The molecule has 1 N–H and O–H groups in total. The zero-order chi connectivity index (χ0) is 17.8. The number of hydrogen-bond donors (Lipinski definition) is 1. The molecule has 0 amide bonds. The van der Waals surface area contributed by atoms with E-state index in [1.54, 1.807) is 18.3 Å². The SMILES string of the molecule is O=C1c2cc(-c3cccnc3-c3ccc(F)c(Cl)c3)ccc2NC2CC12. The molecule has 0 bridgehead atoms. The second-order valence-electron chi connectivity index (χ2n) is 6.75. The van der Waals surface area contributed by atoms with E-state index >= 15 is 0 Å². The highest BCUT2D eigenvalue weighted by molar-refractivity contribution is 6.31. The molecule has 128 valence electrons. The maximum atomic E-state index is 13.5. The predicted molar refractivity (Wildman–Crippen MR) is 99.9 cm³/mol. The van der Waals surface area contributed by atoms with Crippen molar-refractivity contribution in [2.75, 3.05) is 5.32 Å². The van der Waals surface area contributed by atoms with Crippen LogP contribution in [0.3, 0.4) is 0 Å². The Morgan fingerprint density at radius 1 is 1.08 bits per heavy atom. The summed E-state index contributed by atoms with van der Waals surface area (Å²) in [7, 11) is 0. The van der Waals surface area contributed by atoms with Crippen molar-refractivity contribution in [3.05, 3.63) is 71.1 Å². The molecule has 2 aliphatic rings. The fourth-order valence-electron chi connectivity index (χ4n) is 3.60. The molecule has 1 fully saturated rings. The molecule has 0 spiro atoms. The van der Waals surface area contributed by atoms with Crippen LogP contribution in [0.4, 0.5) is 10.1 Å².